The molecule has 2 rings (SSSR count). The lowest BCUT2D eigenvalue weighted by Gasteiger charge is -2.25. The number of hydrogen-bond acceptors (Lipinski definition) is 3. The lowest BCUT2D eigenvalue weighted by molar-refractivity contribution is -0.126. The molecule has 1 N–H and O–H groups in total. The molecule has 0 saturated heterocycles. The molecule has 0 radical (unpaired) electrons. The van der Waals surface area contributed by atoms with Gasteiger partial charge in [-0.05, 0) is 45.4 Å². The highest BCUT2D eigenvalue weighted by Gasteiger charge is 2.31. The Morgan fingerprint density at radius 3 is 2.61 bits per heavy atom. The Morgan fingerprint density at radius 2 is 1.94 bits per heavy atom. The maximum atomic E-state index is 12.2. The van der Waals surface area contributed by atoms with Crippen LogP contribution in [-0.2, 0) is 10.2 Å². The van der Waals surface area contributed by atoms with Crippen molar-refractivity contribution >= 4 is 5.91 Å². The van der Waals surface area contributed by atoms with Crippen LogP contribution >= 0.6 is 0 Å². The van der Waals surface area contributed by atoms with Gasteiger partial charge in [0.2, 0.25) is 12.7 Å². The average molecular weight is 249 g/mol. The van der Waals surface area contributed by atoms with Crippen molar-refractivity contribution in [3.63, 3.8) is 0 Å². The standard InChI is InChI=1S/C14H19NO3/c1-9(2)15-13(16)14(3,4)10-5-6-11-12(7-10)18-8-17-11/h5-7,9H,8H2,1-4H3,(H,15,16). The summed E-state index contributed by atoms with van der Waals surface area (Å²) in [5.41, 5.74) is 0.329. The van der Waals surface area contributed by atoms with Gasteiger partial charge in [0.25, 0.3) is 0 Å². The quantitative estimate of drug-likeness (QED) is 0.893. The van der Waals surface area contributed by atoms with Crippen molar-refractivity contribution in [2.75, 3.05) is 6.79 Å². The van der Waals surface area contributed by atoms with E-state index in [1.165, 1.54) is 0 Å². The molecule has 0 bridgehead atoms. The van der Waals surface area contributed by atoms with Gasteiger partial charge in [-0.3, -0.25) is 4.79 Å². The molecule has 0 saturated carbocycles. The summed E-state index contributed by atoms with van der Waals surface area (Å²) in [5.74, 6) is 1.45. The molecular weight excluding hydrogens is 230 g/mol. The van der Waals surface area contributed by atoms with Gasteiger partial charge in [-0.15, -0.1) is 0 Å². The van der Waals surface area contributed by atoms with Gasteiger partial charge >= 0.3 is 0 Å². The van der Waals surface area contributed by atoms with Crippen molar-refractivity contribution in [3.8, 4) is 11.5 Å². The fourth-order valence-electron chi connectivity index (χ4n) is 1.86. The number of carbonyl (C=O) groups is 1. The Hall–Kier alpha value is -1.71. The van der Waals surface area contributed by atoms with Crippen LogP contribution in [0.1, 0.15) is 33.3 Å². The highest BCUT2D eigenvalue weighted by Crippen LogP contribution is 2.36. The molecule has 1 aromatic rings. The first-order valence-electron chi connectivity index (χ1n) is 6.12. The molecule has 1 aliphatic heterocycles. The largest absolute Gasteiger partial charge is 0.454 e. The molecule has 0 spiro atoms. The molecule has 1 amide bonds. The van der Waals surface area contributed by atoms with Gasteiger partial charge < -0.3 is 14.8 Å². The molecule has 0 atom stereocenters. The molecule has 0 aromatic heterocycles. The minimum Gasteiger partial charge on any atom is -0.454 e. The molecule has 4 heteroatoms. The predicted molar refractivity (Wildman–Crippen MR) is 68.9 cm³/mol. The third-order valence-corrected chi connectivity index (χ3v) is 3.08. The van der Waals surface area contributed by atoms with Gasteiger partial charge in [0.1, 0.15) is 0 Å². The van der Waals surface area contributed by atoms with E-state index in [9.17, 15) is 4.79 Å². The van der Waals surface area contributed by atoms with E-state index in [4.69, 9.17) is 9.47 Å². The summed E-state index contributed by atoms with van der Waals surface area (Å²) in [4.78, 5) is 12.2. The van der Waals surface area contributed by atoms with Crippen LogP contribution in [0.15, 0.2) is 18.2 Å². The molecule has 98 valence electrons. The van der Waals surface area contributed by atoms with Crippen molar-refractivity contribution in [2.24, 2.45) is 0 Å². The molecule has 4 nitrogen and oxygen atoms in total. The number of fused-ring (bicyclic) bond motifs is 1. The molecule has 0 fully saturated rings. The van der Waals surface area contributed by atoms with E-state index in [2.05, 4.69) is 5.32 Å². The molecule has 1 aromatic carbocycles. The van der Waals surface area contributed by atoms with Gasteiger partial charge in [0.15, 0.2) is 11.5 Å². The third kappa shape index (κ3) is 2.28. The molecule has 0 unspecified atom stereocenters. The zero-order valence-corrected chi connectivity index (χ0v) is 11.2. The van der Waals surface area contributed by atoms with Crippen molar-refractivity contribution < 1.29 is 14.3 Å². The molecule has 1 heterocycles. The molecule has 0 aliphatic carbocycles. The van der Waals surface area contributed by atoms with Crippen LogP contribution in [0.2, 0.25) is 0 Å². The Kier molecular flexibility index (Phi) is 3.20. The number of carbonyl (C=O) groups excluding carboxylic acids is 1. The Morgan fingerprint density at radius 1 is 1.28 bits per heavy atom. The minimum atomic E-state index is -0.592. The van der Waals surface area contributed by atoms with E-state index in [0.717, 1.165) is 11.3 Å². The summed E-state index contributed by atoms with van der Waals surface area (Å²) < 4.78 is 10.6. The summed E-state index contributed by atoms with van der Waals surface area (Å²) in [6.07, 6.45) is 0. The fourth-order valence-corrected chi connectivity index (χ4v) is 1.86. The molecule has 18 heavy (non-hydrogen) atoms. The van der Waals surface area contributed by atoms with Crippen LogP contribution in [0.3, 0.4) is 0 Å². The van der Waals surface area contributed by atoms with Gasteiger partial charge in [-0.2, -0.15) is 0 Å². The minimum absolute atomic E-state index is 0.0105. The topological polar surface area (TPSA) is 47.6 Å². The van der Waals surface area contributed by atoms with Crippen molar-refractivity contribution in [3.05, 3.63) is 23.8 Å². The van der Waals surface area contributed by atoms with Gasteiger partial charge in [-0.1, -0.05) is 6.07 Å². The number of benzene rings is 1. The number of nitrogens with one attached hydrogen (secondary N) is 1. The van der Waals surface area contributed by atoms with E-state index < -0.39 is 5.41 Å². The van der Waals surface area contributed by atoms with E-state index in [0.29, 0.717) is 5.75 Å². The van der Waals surface area contributed by atoms with Crippen LogP contribution in [-0.4, -0.2) is 18.7 Å². The summed E-state index contributed by atoms with van der Waals surface area (Å²) in [5, 5.41) is 2.94. The van der Waals surface area contributed by atoms with Crippen molar-refractivity contribution in [1.29, 1.82) is 0 Å². The van der Waals surface area contributed by atoms with Gasteiger partial charge in [-0.25, -0.2) is 0 Å². The SMILES string of the molecule is CC(C)NC(=O)C(C)(C)c1ccc2c(c1)OCO2. The summed E-state index contributed by atoms with van der Waals surface area (Å²) in [6, 6.07) is 5.77. The Balaban J connectivity index is 2.26. The normalized spacial score (nSPS) is 13.8. The lowest BCUT2D eigenvalue weighted by Crippen LogP contribution is -2.43. The smallest absolute Gasteiger partial charge is 0.231 e. The highest BCUT2D eigenvalue weighted by molar-refractivity contribution is 5.87. The van der Waals surface area contributed by atoms with E-state index in [-0.39, 0.29) is 18.7 Å². The maximum absolute atomic E-state index is 12.2. The second-order valence-electron chi connectivity index (χ2n) is 5.32. The first-order valence-corrected chi connectivity index (χ1v) is 6.12. The molecular formula is C14H19NO3. The second-order valence-corrected chi connectivity index (χ2v) is 5.32. The fraction of sp³-hybridized carbons (Fsp3) is 0.500. The maximum Gasteiger partial charge on any atom is 0.231 e. The van der Waals surface area contributed by atoms with Gasteiger partial charge in [0, 0.05) is 6.04 Å². The van der Waals surface area contributed by atoms with Crippen LogP contribution < -0.4 is 14.8 Å². The Labute approximate surface area is 107 Å². The zero-order valence-electron chi connectivity index (χ0n) is 11.2. The number of ether oxygens (including phenoxy) is 2. The number of hydrogen-bond donors (Lipinski definition) is 1. The summed E-state index contributed by atoms with van der Waals surface area (Å²) in [6.45, 7) is 7.96. The van der Waals surface area contributed by atoms with E-state index >= 15 is 0 Å². The highest BCUT2D eigenvalue weighted by atomic mass is 16.7. The Bertz CT molecular complexity index is 466. The lowest BCUT2D eigenvalue weighted by atomic mass is 9.83. The number of rotatable bonds is 3. The van der Waals surface area contributed by atoms with Crippen LogP contribution in [0.25, 0.3) is 0 Å². The van der Waals surface area contributed by atoms with E-state index in [1.54, 1.807) is 0 Å². The van der Waals surface area contributed by atoms with Crippen molar-refractivity contribution in [2.45, 2.75) is 39.2 Å². The van der Waals surface area contributed by atoms with Crippen LogP contribution in [0.4, 0.5) is 0 Å². The van der Waals surface area contributed by atoms with Crippen LogP contribution in [0.5, 0.6) is 11.5 Å². The first-order chi connectivity index (χ1) is 8.41. The average Bonchev–Trinajstić information content (AvgIpc) is 2.74. The van der Waals surface area contributed by atoms with E-state index in [1.807, 2.05) is 45.9 Å². The first kappa shape index (κ1) is 12.7. The summed E-state index contributed by atoms with van der Waals surface area (Å²) in [7, 11) is 0. The van der Waals surface area contributed by atoms with Gasteiger partial charge in [0.05, 0.1) is 5.41 Å². The van der Waals surface area contributed by atoms with Crippen LogP contribution in [0, 0.1) is 0 Å². The number of amides is 1. The molecule has 1 aliphatic rings. The third-order valence-electron chi connectivity index (χ3n) is 3.08. The predicted octanol–water partition coefficient (Wildman–Crippen LogP) is 2.22. The second kappa shape index (κ2) is 4.52. The van der Waals surface area contributed by atoms with Crippen molar-refractivity contribution in [1.82, 2.24) is 5.32 Å². The monoisotopic (exact) mass is 249 g/mol. The summed E-state index contributed by atoms with van der Waals surface area (Å²) >= 11 is 0. The zero-order chi connectivity index (χ0) is 13.3.